The topological polar surface area (TPSA) is 59.4 Å². The van der Waals surface area contributed by atoms with E-state index in [9.17, 15) is 9.18 Å². The van der Waals surface area contributed by atoms with Gasteiger partial charge in [-0.15, -0.1) is 0 Å². The van der Waals surface area contributed by atoms with Crippen LogP contribution < -0.4 is 4.74 Å². The molecule has 0 saturated carbocycles. The molecule has 0 aliphatic carbocycles. The molecule has 1 N–H and O–H groups in total. The number of ether oxygens (including phenoxy) is 1. The molecule has 0 radical (unpaired) electrons. The average Bonchev–Trinajstić information content (AvgIpc) is 2.41. The number of para-hydroxylation sites is 1. The lowest BCUT2D eigenvalue weighted by atomic mass is 10.2. The molecule has 0 aliphatic heterocycles. The second kappa shape index (κ2) is 5.95. The van der Waals surface area contributed by atoms with Crippen LogP contribution in [0, 0.1) is 5.82 Å². The number of carboxylic acids is 1. The van der Waals surface area contributed by atoms with Crippen molar-refractivity contribution in [2.75, 3.05) is 6.61 Å². The lowest BCUT2D eigenvalue weighted by Crippen LogP contribution is -2.08. The summed E-state index contributed by atoms with van der Waals surface area (Å²) in [6.07, 6.45) is 3.86. The zero-order valence-electron chi connectivity index (χ0n) is 10.0. The summed E-state index contributed by atoms with van der Waals surface area (Å²) in [6, 6.07) is 7.47. The van der Waals surface area contributed by atoms with Crippen LogP contribution in [0.25, 0.3) is 0 Å². The highest BCUT2D eigenvalue weighted by Gasteiger charge is 2.15. The fourth-order valence-corrected chi connectivity index (χ4v) is 1.64. The zero-order valence-corrected chi connectivity index (χ0v) is 10.0. The molecule has 98 valence electrons. The van der Waals surface area contributed by atoms with E-state index in [1.54, 1.807) is 12.4 Å². The van der Waals surface area contributed by atoms with Crippen molar-refractivity contribution in [1.82, 2.24) is 4.98 Å². The van der Waals surface area contributed by atoms with Crippen LogP contribution >= 0.6 is 0 Å². The van der Waals surface area contributed by atoms with Crippen molar-refractivity contribution in [3.8, 4) is 5.75 Å². The minimum atomic E-state index is -1.21. The van der Waals surface area contributed by atoms with Crippen molar-refractivity contribution >= 4 is 5.97 Å². The molecule has 0 amide bonds. The number of carbonyl (C=O) groups is 1. The Labute approximate surface area is 109 Å². The number of benzene rings is 1. The van der Waals surface area contributed by atoms with E-state index in [0.29, 0.717) is 6.42 Å². The van der Waals surface area contributed by atoms with Gasteiger partial charge in [-0.2, -0.15) is 0 Å². The smallest absolute Gasteiger partial charge is 0.339 e. The van der Waals surface area contributed by atoms with Crippen LogP contribution in [0.1, 0.15) is 15.9 Å². The second-order valence-electron chi connectivity index (χ2n) is 3.88. The number of hydrogen-bond donors (Lipinski definition) is 1. The summed E-state index contributed by atoms with van der Waals surface area (Å²) in [4.78, 5) is 14.8. The van der Waals surface area contributed by atoms with Crippen molar-refractivity contribution in [2.45, 2.75) is 6.42 Å². The average molecular weight is 261 g/mol. The van der Waals surface area contributed by atoms with Crippen molar-refractivity contribution in [3.05, 3.63) is 59.7 Å². The van der Waals surface area contributed by atoms with Gasteiger partial charge < -0.3 is 9.84 Å². The fraction of sp³-hybridized carbons (Fsp3) is 0.143. The standard InChI is InChI=1S/C14H12FNO3/c15-12-3-1-2-11(14(17)18)13(12)19-9-6-10-4-7-16-8-5-10/h1-5,7-8H,6,9H2,(H,17,18). The third kappa shape index (κ3) is 3.28. The van der Waals surface area contributed by atoms with E-state index in [4.69, 9.17) is 9.84 Å². The highest BCUT2D eigenvalue weighted by atomic mass is 19.1. The SMILES string of the molecule is O=C(O)c1cccc(F)c1OCCc1ccncc1. The van der Waals surface area contributed by atoms with Crippen LogP contribution in [0.15, 0.2) is 42.7 Å². The van der Waals surface area contributed by atoms with Crippen molar-refractivity contribution in [3.63, 3.8) is 0 Å². The monoisotopic (exact) mass is 261 g/mol. The highest BCUT2D eigenvalue weighted by Crippen LogP contribution is 2.22. The first kappa shape index (κ1) is 13.0. The molecule has 4 nitrogen and oxygen atoms in total. The normalized spacial score (nSPS) is 10.2. The maximum absolute atomic E-state index is 13.5. The summed E-state index contributed by atoms with van der Waals surface area (Å²) >= 11 is 0. The van der Waals surface area contributed by atoms with Gasteiger partial charge in [-0.1, -0.05) is 6.07 Å². The largest absolute Gasteiger partial charge is 0.489 e. The van der Waals surface area contributed by atoms with E-state index < -0.39 is 11.8 Å². The van der Waals surface area contributed by atoms with Crippen LogP contribution in [-0.2, 0) is 6.42 Å². The molecule has 0 atom stereocenters. The van der Waals surface area contributed by atoms with Crippen LogP contribution in [0.2, 0.25) is 0 Å². The Hall–Kier alpha value is -2.43. The van der Waals surface area contributed by atoms with Crippen molar-refractivity contribution in [1.29, 1.82) is 0 Å². The zero-order chi connectivity index (χ0) is 13.7. The van der Waals surface area contributed by atoms with E-state index in [1.807, 2.05) is 12.1 Å². The number of aromatic carboxylic acids is 1. The molecule has 1 heterocycles. The van der Waals surface area contributed by atoms with Gasteiger partial charge in [0.25, 0.3) is 0 Å². The molecule has 0 aliphatic rings. The van der Waals surface area contributed by atoms with Crippen LogP contribution in [0.4, 0.5) is 4.39 Å². The fourth-order valence-electron chi connectivity index (χ4n) is 1.64. The van der Waals surface area contributed by atoms with Gasteiger partial charge in [0.05, 0.1) is 6.61 Å². The Bertz CT molecular complexity index is 572. The number of aromatic nitrogens is 1. The molecular formula is C14H12FNO3. The molecule has 1 aromatic heterocycles. The van der Waals surface area contributed by atoms with Crippen LogP contribution in [-0.4, -0.2) is 22.7 Å². The molecule has 0 fully saturated rings. The molecule has 2 aromatic rings. The predicted molar refractivity (Wildman–Crippen MR) is 66.8 cm³/mol. The minimum Gasteiger partial charge on any atom is -0.489 e. The molecule has 1 aromatic carbocycles. The van der Waals surface area contributed by atoms with Gasteiger partial charge in [0.1, 0.15) is 5.56 Å². The van der Waals surface area contributed by atoms with Gasteiger partial charge in [-0.25, -0.2) is 9.18 Å². The maximum Gasteiger partial charge on any atom is 0.339 e. The Kier molecular flexibility index (Phi) is 4.07. The lowest BCUT2D eigenvalue weighted by molar-refractivity contribution is 0.0691. The molecule has 0 spiro atoms. The molecule has 0 bridgehead atoms. The quantitative estimate of drug-likeness (QED) is 0.898. The van der Waals surface area contributed by atoms with E-state index in [-0.39, 0.29) is 17.9 Å². The molecule has 0 saturated heterocycles. The molecule has 0 unspecified atom stereocenters. The highest BCUT2D eigenvalue weighted by molar-refractivity contribution is 5.90. The summed E-state index contributed by atoms with van der Waals surface area (Å²) in [5.74, 6) is -2.10. The number of carboxylic acid groups (broad SMARTS) is 1. The summed E-state index contributed by atoms with van der Waals surface area (Å²) < 4.78 is 18.8. The molecule has 19 heavy (non-hydrogen) atoms. The van der Waals surface area contributed by atoms with Gasteiger partial charge in [0.15, 0.2) is 11.6 Å². The van der Waals surface area contributed by atoms with Gasteiger partial charge in [0, 0.05) is 18.8 Å². The Morgan fingerprint density at radius 1 is 1.26 bits per heavy atom. The molecule has 5 heteroatoms. The predicted octanol–water partition coefficient (Wildman–Crippen LogP) is 2.54. The summed E-state index contributed by atoms with van der Waals surface area (Å²) in [5, 5.41) is 8.95. The first-order valence-electron chi connectivity index (χ1n) is 5.72. The number of halogens is 1. The van der Waals surface area contributed by atoms with Gasteiger partial charge in [-0.05, 0) is 29.8 Å². The van der Waals surface area contributed by atoms with Crippen LogP contribution in [0.3, 0.4) is 0 Å². The number of rotatable bonds is 5. The Morgan fingerprint density at radius 3 is 2.68 bits per heavy atom. The second-order valence-corrected chi connectivity index (χ2v) is 3.88. The minimum absolute atomic E-state index is 0.172. The van der Waals surface area contributed by atoms with Gasteiger partial charge >= 0.3 is 5.97 Å². The van der Waals surface area contributed by atoms with Crippen molar-refractivity contribution in [2.24, 2.45) is 0 Å². The van der Waals surface area contributed by atoms with Gasteiger partial charge in [0.2, 0.25) is 0 Å². The third-order valence-corrected chi connectivity index (χ3v) is 2.58. The van der Waals surface area contributed by atoms with E-state index in [1.165, 1.54) is 18.2 Å². The van der Waals surface area contributed by atoms with Crippen LogP contribution in [0.5, 0.6) is 5.75 Å². The van der Waals surface area contributed by atoms with E-state index in [0.717, 1.165) is 5.56 Å². The first-order chi connectivity index (χ1) is 9.18. The number of nitrogens with zero attached hydrogens (tertiary/aromatic N) is 1. The summed E-state index contributed by atoms with van der Waals surface area (Å²) in [7, 11) is 0. The molecular weight excluding hydrogens is 249 g/mol. The first-order valence-corrected chi connectivity index (χ1v) is 5.72. The lowest BCUT2D eigenvalue weighted by Gasteiger charge is -2.09. The summed E-state index contributed by atoms with van der Waals surface area (Å²) in [6.45, 7) is 0.200. The number of hydrogen-bond acceptors (Lipinski definition) is 3. The van der Waals surface area contributed by atoms with Crippen molar-refractivity contribution < 1.29 is 19.0 Å². The molecule has 2 rings (SSSR count). The maximum atomic E-state index is 13.5. The Morgan fingerprint density at radius 2 is 2.00 bits per heavy atom. The van der Waals surface area contributed by atoms with E-state index >= 15 is 0 Å². The van der Waals surface area contributed by atoms with E-state index in [2.05, 4.69) is 4.98 Å². The third-order valence-electron chi connectivity index (χ3n) is 2.58. The summed E-state index contributed by atoms with van der Waals surface area (Å²) in [5.41, 5.74) is 0.818. The van der Waals surface area contributed by atoms with Gasteiger partial charge in [-0.3, -0.25) is 4.98 Å². The number of pyridine rings is 1. The Balaban J connectivity index is 2.05.